The van der Waals surface area contributed by atoms with Crippen LogP contribution in [0.15, 0.2) is 0 Å². The van der Waals surface area contributed by atoms with Gasteiger partial charge in [0, 0.05) is 44.8 Å². The molecular weight excluding hydrogens is 283 g/mol. The zero-order valence-corrected chi connectivity index (χ0v) is 15.4. The van der Waals surface area contributed by atoms with Gasteiger partial charge in [-0.1, -0.05) is 29.5 Å². The van der Waals surface area contributed by atoms with E-state index in [4.69, 9.17) is 9.84 Å². The van der Waals surface area contributed by atoms with E-state index in [1.165, 1.54) is 39.0 Å². The second-order valence-electron chi connectivity index (χ2n) is 6.11. The summed E-state index contributed by atoms with van der Waals surface area (Å²) in [6.45, 7) is 16.9. The first-order valence-electron chi connectivity index (χ1n) is 8.54. The van der Waals surface area contributed by atoms with Crippen LogP contribution < -0.4 is 0 Å². The molecule has 1 N–H and O–H groups in total. The molecule has 21 heavy (non-hydrogen) atoms. The Morgan fingerprint density at radius 3 is 2.43 bits per heavy atom. The molecule has 0 radical (unpaired) electrons. The topological polar surface area (TPSA) is 35.9 Å². The average Bonchev–Trinajstić information content (AvgIpc) is 3.17. The van der Waals surface area contributed by atoms with Crippen molar-refractivity contribution in [2.45, 2.75) is 33.6 Å². The molecule has 3 saturated heterocycles. The number of hydrogen-bond donors (Lipinski definition) is 1. The maximum Gasteiger partial charge on any atom is 0.0547 e. The van der Waals surface area contributed by atoms with Gasteiger partial charge in [-0.25, -0.2) is 0 Å². The Kier molecular flexibility index (Phi) is 9.31. The summed E-state index contributed by atoms with van der Waals surface area (Å²) in [5.74, 6) is 0.567. The maximum atomic E-state index is 8.76. The molecule has 3 aliphatic heterocycles. The van der Waals surface area contributed by atoms with Gasteiger partial charge in [-0.05, 0) is 32.0 Å². The van der Waals surface area contributed by atoms with Crippen molar-refractivity contribution in [3.63, 3.8) is 0 Å². The minimum Gasteiger partial charge on any atom is -0.396 e. The maximum absolute atomic E-state index is 8.76. The van der Waals surface area contributed by atoms with Crippen LogP contribution in [0.25, 0.3) is 0 Å². The third kappa shape index (κ3) is 5.76. The van der Waals surface area contributed by atoms with Crippen LogP contribution >= 0.6 is 8.73 Å². The Labute approximate surface area is 133 Å². The Hall–Kier alpha value is 0.270. The van der Waals surface area contributed by atoms with E-state index < -0.39 is 0 Å². The largest absolute Gasteiger partial charge is 0.396 e. The predicted molar refractivity (Wildman–Crippen MR) is 92.3 cm³/mol. The van der Waals surface area contributed by atoms with Gasteiger partial charge in [0.05, 0.1) is 6.61 Å². The van der Waals surface area contributed by atoms with Gasteiger partial charge in [-0.2, -0.15) is 0 Å². The number of likely N-dealkylation sites (tertiary alicyclic amines) is 1. The summed E-state index contributed by atoms with van der Waals surface area (Å²) in [4.78, 5) is 2.48. The van der Waals surface area contributed by atoms with E-state index in [9.17, 15) is 0 Å². The summed E-state index contributed by atoms with van der Waals surface area (Å²) in [6, 6.07) is 0. The van der Waals surface area contributed by atoms with Crippen LogP contribution in [0.2, 0.25) is 0 Å². The third-order valence-corrected chi connectivity index (χ3v) is 5.65. The molecule has 0 bridgehead atoms. The van der Waals surface area contributed by atoms with E-state index in [0.29, 0.717) is 17.9 Å². The van der Waals surface area contributed by atoms with Crippen molar-refractivity contribution >= 4 is 8.73 Å². The molecular formula is C16H35N2O2P. The summed E-state index contributed by atoms with van der Waals surface area (Å²) in [5.41, 5.74) is 0.593. The van der Waals surface area contributed by atoms with Crippen LogP contribution in [-0.2, 0) is 4.74 Å². The number of rotatable bonds is 3. The van der Waals surface area contributed by atoms with Gasteiger partial charge in [0.15, 0.2) is 0 Å². The van der Waals surface area contributed by atoms with Crippen LogP contribution in [0.3, 0.4) is 0 Å². The van der Waals surface area contributed by atoms with E-state index in [-0.39, 0.29) is 0 Å². The Morgan fingerprint density at radius 1 is 1.33 bits per heavy atom. The van der Waals surface area contributed by atoms with Crippen molar-refractivity contribution in [3.8, 4) is 0 Å². The minimum atomic E-state index is 0.376. The third-order valence-electron chi connectivity index (χ3n) is 4.61. The molecule has 3 aliphatic rings. The van der Waals surface area contributed by atoms with Crippen molar-refractivity contribution < 1.29 is 9.84 Å². The second-order valence-corrected chi connectivity index (χ2v) is 7.19. The normalized spacial score (nSPS) is 28.1. The molecule has 3 rings (SSSR count). The first-order valence-corrected chi connectivity index (χ1v) is 9.99. The van der Waals surface area contributed by atoms with Gasteiger partial charge in [0.1, 0.15) is 0 Å². The summed E-state index contributed by atoms with van der Waals surface area (Å²) < 4.78 is 7.77. The lowest BCUT2D eigenvalue weighted by molar-refractivity contribution is -0.00278. The minimum absolute atomic E-state index is 0.376. The lowest BCUT2D eigenvalue weighted by atomic mass is 9.79. The molecule has 0 aliphatic carbocycles. The monoisotopic (exact) mass is 318 g/mol. The summed E-state index contributed by atoms with van der Waals surface area (Å²) in [5, 5.41) is 8.76. The van der Waals surface area contributed by atoms with E-state index in [0.717, 1.165) is 28.5 Å². The van der Waals surface area contributed by atoms with Gasteiger partial charge in [0.2, 0.25) is 0 Å². The summed E-state index contributed by atoms with van der Waals surface area (Å²) in [7, 11) is 0.923. The molecule has 2 unspecified atom stereocenters. The van der Waals surface area contributed by atoms with Crippen molar-refractivity contribution in [2.24, 2.45) is 11.3 Å². The second kappa shape index (κ2) is 10.1. The standard InChI is InChI=1S/C8H15NO.C6H14NOP.C2H6/c1-2-9-5-8(6-9)3-4-10-7-8;1-9-7-3-2-6(4-7)5-8;1-2/h2-7H2,1H3;6,8-9H,2-5H2,1H3;1-2H3. The average molecular weight is 318 g/mol. The highest BCUT2D eigenvalue weighted by Crippen LogP contribution is 2.37. The van der Waals surface area contributed by atoms with Crippen LogP contribution in [0, 0.1) is 11.3 Å². The van der Waals surface area contributed by atoms with Crippen molar-refractivity contribution in [1.29, 1.82) is 0 Å². The highest BCUT2D eigenvalue weighted by molar-refractivity contribution is 7.34. The van der Waals surface area contributed by atoms with Crippen LogP contribution in [0.1, 0.15) is 33.6 Å². The molecule has 5 heteroatoms. The van der Waals surface area contributed by atoms with Gasteiger partial charge in [-0.3, -0.25) is 4.67 Å². The fourth-order valence-corrected chi connectivity index (χ4v) is 4.00. The number of aliphatic hydroxyl groups is 1. The highest BCUT2D eigenvalue weighted by Gasteiger charge is 2.44. The molecule has 4 nitrogen and oxygen atoms in total. The SMILES string of the molecule is CC.CCN1CC2(CCOC2)C1.CPN1CCC(CO)C1. The van der Waals surface area contributed by atoms with E-state index in [1.54, 1.807) is 0 Å². The molecule has 0 aromatic heterocycles. The van der Waals surface area contributed by atoms with Gasteiger partial charge in [0.25, 0.3) is 0 Å². The van der Waals surface area contributed by atoms with E-state index in [1.807, 2.05) is 13.8 Å². The number of hydrogen-bond acceptors (Lipinski definition) is 4. The Bertz CT molecular complexity index is 255. The quantitative estimate of drug-likeness (QED) is 0.810. The fourth-order valence-electron chi connectivity index (χ4n) is 3.21. The zero-order valence-electron chi connectivity index (χ0n) is 14.4. The molecule has 3 heterocycles. The molecule has 126 valence electrons. The first-order chi connectivity index (χ1) is 10.2. The highest BCUT2D eigenvalue weighted by atomic mass is 31.1. The number of ether oxygens (including phenoxy) is 1. The van der Waals surface area contributed by atoms with Crippen LogP contribution in [0.4, 0.5) is 0 Å². The Morgan fingerprint density at radius 2 is 2.05 bits per heavy atom. The molecule has 0 saturated carbocycles. The van der Waals surface area contributed by atoms with Crippen molar-refractivity contribution in [3.05, 3.63) is 0 Å². The van der Waals surface area contributed by atoms with E-state index in [2.05, 4.69) is 23.2 Å². The van der Waals surface area contributed by atoms with Crippen LogP contribution in [-0.4, -0.2) is 73.9 Å². The van der Waals surface area contributed by atoms with Crippen molar-refractivity contribution in [2.75, 3.05) is 59.2 Å². The van der Waals surface area contributed by atoms with E-state index >= 15 is 0 Å². The molecule has 1 spiro atoms. The number of nitrogens with zero attached hydrogens (tertiary/aromatic N) is 2. The Balaban J connectivity index is 0.000000189. The lowest BCUT2D eigenvalue weighted by Crippen LogP contribution is -2.56. The summed E-state index contributed by atoms with van der Waals surface area (Å²) >= 11 is 0. The first kappa shape index (κ1) is 19.3. The molecule has 0 aromatic carbocycles. The van der Waals surface area contributed by atoms with Crippen molar-refractivity contribution in [1.82, 2.24) is 9.57 Å². The van der Waals surface area contributed by atoms with Crippen LogP contribution in [0.5, 0.6) is 0 Å². The molecule has 0 aromatic rings. The van der Waals surface area contributed by atoms with Gasteiger partial charge < -0.3 is 14.7 Å². The smallest absolute Gasteiger partial charge is 0.0547 e. The molecule has 3 fully saturated rings. The lowest BCUT2D eigenvalue weighted by Gasteiger charge is -2.46. The van der Waals surface area contributed by atoms with Gasteiger partial charge >= 0.3 is 0 Å². The zero-order chi connectivity index (χ0) is 15.7. The predicted octanol–water partition coefficient (Wildman–Crippen LogP) is 2.28. The summed E-state index contributed by atoms with van der Waals surface area (Å²) in [6.07, 6.45) is 2.49. The molecule has 0 amide bonds. The number of aliphatic hydroxyl groups excluding tert-OH is 1. The van der Waals surface area contributed by atoms with Gasteiger partial charge in [-0.15, -0.1) is 0 Å². The fraction of sp³-hybridized carbons (Fsp3) is 1.00. The molecule has 2 atom stereocenters.